The molecule has 0 spiro atoms. The van der Waals surface area contributed by atoms with E-state index in [1.807, 2.05) is 24.3 Å². The van der Waals surface area contributed by atoms with Crippen LogP contribution < -0.4 is 4.74 Å². The van der Waals surface area contributed by atoms with Crippen LogP contribution in [0.15, 0.2) is 90.1 Å². The number of aromatic hydroxyl groups is 1. The second kappa shape index (κ2) is 14.0. The first kappa shape index (κ1) is 30.4. The van der Waals surface area contributed by atoms with E-state index in [0.29, 0.717) is 18.2 Å². The van der Waals surface area contributed by atoms with E-state index in [0.717, 1.165) is 49.2 Å². The van der Waals surface area contributed by atoms with E-state index < -0.39 is 0 Å². The number of hydrogen-bond donors (Lipinski definition) is 1. The summed E-state index contributed by atoms with van der Waals surface area (Å²) in [5.74, 6) is 2.84. The van der Waals surface area contributed by atoms with Crippen molar-refractivity contribution in [2.24, 2.45) is 5.92 Å². The van der Waals surface area contributed by atoms with E-state index in [1.54, 1.807) is 23.9 Å². The van der Waals surface area contributed by atoms with Gasteiger partial charge in [0.15, 0.2) is 11.0 Å². The van der Waals surface area contributed by atoms with Gasteiger partial charge in [-0.1, -0.05) is 89.9 Å². The van der Waals surface area contributed by atoms with Gasteiger partial charge in [-0.25, -0.2) is 0 Å². The fourth-order valence-corrected chi connectivity index (χ4v) is 6.54. The van der Waals surface area contributed by atoms with Crippen molar-refractivity contribution in [1.29, 1.82) is 0 Å². The van der Waals surface area contributed by atoms with E-state index in [2.05, 4.69) is 107 Å². The van der Waals surface area contributed by atoms with Crippen LogP contribution in [-0.4, -0.2) is 32.2 Å². The summed E-state index contributed by atoms with van der Waals surface area (Å²) in [4.78, 5) is 0. The van der Waals surface area contributed by atoms with Gasteiger partial charge in [-0.15, -0.1) is 10.2 Å². The van der Waals surface area contributed by atoms with Gasteiger partial charge in [0.25, 0.3) is 0 Å². The normalized spacial score (nSPS) is 11.9. The number of aryl methyl sites for hydroxylation is 2. The molecule has 1 N–H and O–H groups in total. The Morgan fingerprint density at radius 2 is 1.62 bits per heavy atom. The molecule has 4 aromatic carbocycles. The highest BCUT2D eigenvalue weighted by Gasteiger charge is 2.19. The molecule has 216 valence electrons. The molecule has 0 fully saturated rings. The third-order valence-electron chi connectivity index (χ3n) is 7.13. The number of aromatic nitrogens is 3. The van der Waals surface area contributed by atoms with E-state index >= 15 is 0 Å². The molecule has 0 saturated carbocycles. The zero-order valence-electron chi connectivity index (χ0n) is 23.8. The van der Waals surface area contributed by atoms with Crippen LogP contribution in [0.25, 0.3) is 22.5 Å². The maximum atomic E-state index is 10.3. The summed E-state index contributed by atoms with van der Waals surface area (Å²) in [7, 11) is 0. The average molecular weight is 710 g/mol. The van der Waals surface area contributed by atoms with Gasteiger partial charge < -0.3 is 9.84 Å². The van der Waals surface area contributed by atoms with Gasteiger partial charge in [0.05, 0.1) is 13.2 Å². The first-order valence-electron chi connectivity index (χ1n) is 13.9. The van der Waals surface area contributed by atoms with Crippen molar-refractivity contribution in [2.45, 2.75) is 38.9 Å². The van der Waals surface area contributed by atoms with Crippen molar-refractivity contribution in [1.82, 2.24) is 14.8 Å². The largest absolute Gasteiger partial charge is 0.508 e. The standard InChI is InChI=1S/C34H33ClIN3O2S/c1-4-24(20-41-32-17-28(35)13-14-31(32)26-11-7-23(3)8-12-26)21-42-34-38-37-33(27-15-29(36)18-30(40)16-27)39(34)19-25-9-5-22(2)6-10-25/h5-18,24,40H,4,19-21H2,1-3H3. The topological polar surface area (TPSA) is 60.2 Å². The Balaban J connectivity index is 1.35. The maximum absolute atomic E-state index is 10.3. The molecule has 1 atom stereocenters. The van der Waals surface area contributed by atoms with Crippen molar-refractivity contribution >= 4 is 46.0 Å². The van der Waals surface area contributed by atoms with Crippen molar-refractivity contribution < 1.29 is 9.84 Å². The highest BCUT2D eigenvalue weighted by molar-refractivity contribution is 14.1. The summed E-state index contributed by atoms with van der Waals surface area (Å²) in [5.41, 5.74) is 6.58. The number of hydrogen-bond acceptors (Lipinski definition) is 5. The highest BCUT2D eigenvalue weighted by atomic mass is 127. The van der Waals surface area contributed by atoms with Crippen LogP contribution in [0.2, 0.25) is 5.02 Å². The maximum Gasteiger partial charge on any atom is 0.191 e. The molecule has 0 aliphatic carbocycles. The van der Waals surface area contributed by atoms with Crippen molar-refractivity contribution in [3.63, 3.8) is 0 Å². The fourth-order valence-electron chi connectivity index (χ4n) is 4.60. The lowest BCUT2D eigenvalue weighted by Crippen LogP contribution is -2.15. The van der Waals surface area contributed by atoms with Gasteiger partial charge in [0.1, 0.15) is 11.5 Å². The van der Waals surface area contributed by atoms with Gasteiger partial charge in [-0.2, -0.15) is 0 Å². The molecule has 0 saturated heterocycles. The minimum absolute atomic E-state index is 0.213. The van der Waals surface area contributed by atoms with Crippen LogP contribution in [0, 0.1) is 23.3 Å². The lowest BCUT2D eigenvalue weighted by molar-refractivity contribution is 0.260. The number of rotatable bonds is 11. The molecule has 42 heavy (non-hydrogen) atoms. The fraction of sp³-hybridized carbons (Fsp3) is 0.235. The van der Waals surface area contributed by atoms with Crippen LogP contribution >= 0.6 is 46.0 Å². The van der Waals surface area contributed by atoms with Gasteiger partial charge in [0.2, 0.25) is 0 Å². The minimum Gasteiger partial charge on any atom is -0.508 e. The smallest absolute Gasteiger partial charge is 0.191 e. The molecule has 0 aliphatic rings. The summed E-state index contributed by atoms with van der Waals surface area (Å²) in [6.07, 6.45) is 0.955. The zero-order valence-corrected chi connectivity index (χ0v) is 27.6. The van der Waals surface area contributed by atoms with E-state index in [-0.39, 0.29) is 11.7 Å². The van der Waals surface area contributed by atoms with Crippen molar-refractivity contribution in [3.05, 3.63) is 110 Å². The molecular weight excluding hydrogens is 677 g/mol. The number of benzene rings is 4. The monoisotopic (exact) mass is 709 g/mol. The lowest BCUT2D eigenvalue weighted by atomic mass is 10.0. The molecule has 0 aliphatic heterocycles. The first-order chi connectivity index (χ1) is 20.3. The molecule has 0 bridgehead atoms. The zero-order chi connectivity index (χ0) is 29.6. The van der Waals surface area contributed by atoms with Crippen LogP contribution in [0.1, 0.15) is 30.0 Å². The summed E-state index contributed by atoms with van der Waals surface area (Å²) in [6, 6.07) is 28.3. The van der Waals surface area contributed by atoms with Crippen molar-refractivity contribution in [3.8, 4) is 34.0 Å². The molecule has 5 aromatic rings. The Morgan fingerprint density at radius 1 is 0.905 bits per heavy atom. The Kier molecular flexibility index (Phi) is 10.1. The Bertz CT molecular complexity index is 1630. The second-order valence-electron chi connectivity index (χ2n) is 10.5. The number of thioether (sulfide) groups is 1. The summed E-state index contributed by atoms with van der Waals surface area (Å²) in [6.45, 7) is 7.55. The second-order valence-corrected chi connectivity index (χ2v) is 13.1. The van der Waals surface area contributed by atoms with E-state index in [1.165, 1.54) is 16.7 Å². The molecule has 1 unspecified atom stereocenters. The number of phenols is 1. The summed E-state index contributed by atoms with van der Waals surface area (Å²) >= 11 is 10.3. The number of nitrogens with zero attached hydrogens (tertiary/aromatic N) is 3. The van der Waals surface area contributed by atoms with Gasteiger partial charge in [0, 0.05) is 31.4 Å². The Labute approximate surface area is 270 Å². The van der Waals surface area contributed by atoms with Crippen LogP contribution in [0.5, 0.6) is 11.5 Å². The SMILES string of the molecule is CCC(COc1cc(Cl)ccc1-c1ccc(C)cc1)CSc1nnc(-c2cc(O)cc(I)c2)n1Cc1ccc(C)cc1. The van der Waals surface area contributed by atoms with E-state index in [4.69, 9.17) is 16.3 Å². The predicted octanol–water partition coefficient (Wildman–Crippen LogP) is 9.44. The third-order valence-corrected chi connectivity index (χ3v) is 9.18. The molecule has 8 heteroatoms. The van der Waals surface area contributed by atoms with Gasteiger partial charge in [-0.3, -0.25) is 4.57 Å². The quantitative estimate of drug-likeness (QED) is 0.109. The molecule has 5 nitrogen and oxygen atoms in total. The molecule has 1 heterocycles. The van der Waals surface area contributed by atoms with Gasteiger partial charge >= 0.3 is 0 Å². The molecule has 0 radical (unpaired) electrons. The van der Waals surface area contributed by atoms with Gasteiger partial charge in [-0.05, 0) is 90.4 Å². The lowest BCUT2D eigenvalue weighted by Gasteiger charge is -2.18. The summed E-state index contributed by atoms with van der Waals surface area (Å²) in [5, 5.41) is 20.9. The minimum atomic E-state index is 0.213. The number of halogens is 2. The Morgan fingerprint density at radius 3 is 2.31 bits per heavy atom. The highest BCUT2D eigenvalue weighted by Crippen LogP contribution is 2.34. The molecule has 1 aromatic heterocycles. The van der Waals surface area contributed by atoms with E-state index in [9.17, 15) is 5.11 Å². The number of phenolic OH excluding ortho intramolecular Hbond substituents is 1. The first-order valence-corrected chi connectivity index (χ1v) is 16.3. The molecular formula is C34H33ClIN3O2S. The average Bonchev–Trinajstić information content (AvgIpc) is 3.36. The molecule has 5 rings (SSSR count). The Hall–Kier alpha value is -3.01. The van der Waals surface area contributed by atoms with Crippen LogP contribution in [0.4, 0.5) is 0 Å². The summed E-state index contributed by atoms with van der Waals surface area (Å²) < 4.78 is 9.49. The molecule has 0 amide bonds. The number of ether oxygens (including phenoxy) is 1. The van der Waals surface area contributed by atoms with Crippen molar-refractivity contribution in [2.75, 3.05) is 12.4 Å². The van der Waals surface area contributed by atoms with Crippen LogP contribution in [0.3, 0.4) is 0 Å². The van der Waals surface area contributed by atoms with Crippen LogP contribution in [-0.2, 0) is 6.54 Å². The predicted molar refractivity (Wildman–Crippen MR) is 182 cm³/mol. The third kappa shape index (κ3) is 7.68.